The number of esters is 1. The molecule has 1 aromatic rings. The molecule has 0 aliphatic carbocycles. The highest BCUT2D eigenvalue weighted by atomic mass is 19.4. The van der Waals surface area contributed by atoms with Gasteiger partial charge < -0.3 is 15.4 Å². The van der Waals surface area contributed by atoms with E-state index < -0.39 is 18.2 Å². The van der Waals surface area contributed by atoms with Gasteiger partial charge in [-0.1, -0.05) is 6.07 Å². The minimum Gasteiger partial charge on any atom is -0.420 e. The molecule has 0 radical (unpaired) electrons. The molecule has 2 amide bonds. The van der Waals surface area contributed by atoms with E-state index in [0.717, 1.165) is 0 Å². The summed E-state index contributed by atoms with van der Waals surface area (Å²) in [6.45, 7) is 3.01. The van der Waals surface area contributed by atoms with Gasteiger partial charge >= 0.3 is 18.2 Å². The number of alkyl halides is 3. The molecule has 0 bridgehead atoms. The van der Waals surface area contributed by atoms with Gasteiger partial charge in [0.1, 0.15) is 5.75 Å². The monoisotopic (exact) mass is 332 g/mol. The van der Waals surface area contributed by atoms with Crippen molar-refractivity contribution < 1.29 is 27.5 Å². The summed E-state index contributed by atoms with van der Waals surface area (Å²) in [5, 5.41) is 14.2. The van der Waals surface area contributed by atoms with Crippen molar-refractivity contribution in [3.05, 3.63) is 23.3 Å². The number of benzene rings is 1. The van der Waals surface area contributed by atoms with Gasteiger partial charge in [0.2, 0.25) is 0 Å². The van der Waals surface area contributed by atoms with E-state index in [0.29, 0.717) is 5.56 Å². The molecule has 10 heteroatoms. The smallest absolute Gasteiger partial charge is 0.420 e. The number of hydrogen-bond donors (Lipinski definition) is 4. The number of rotatable bonds is 2. The second kappa shape index (κ2) is 6.99. The SMILES string of the molecule is CNC(=N)NC(=O)Nc1c(C)ccc(OC(=O)C(F)(F)F)c1C. The summed E-state index contributed by atoms with van der Waals surface area (Å²) >= 11 is 0. The van der Waals surface area contributed by atoms with Crippen LogP contribution in [-0.2, 0) is 4.79 Å². The molecule has 23 heavy (non-hydrogen) atoms. The minimum absolute atomic E-state index is 0.147. The number of nitrogens with one attached hydrogen (secondary N) is 4. The maximum Gasteiger partial charge on any atom is 0.491 e. The Balaban J connectivity index is 3.01. The van der Waals surface area contributed by atoms with Crippen molar-refractivity contribution in [3.63, 3.8) is 0 Å². The van der Waals surface area contributed by atoms with Crippen LogP contribution in [0.5, 0.6) is 5.75 Å². The quantitative estimate of drug-likeness (QED) is 0.288. The van der Waals surface area contributed by atoms with Crippen molar-refractivity contribution in [2.75, 3.05) is 12.4 Å². The summed E-state index contributed by atoms with van der Waals surface area (Å²) < 4.78 is 41.1. The van der Waals surface area contributed by atoms with Gasteiger partial charge in [-0.05, 0) is 25.5 Å². The predicted octanol–water partition coefficient (Wildman–Crippen LogP) is 2.05. The average molecular weight is 332 g/mol. The lowest BCUT2D eigenvalue weighted by atomic mass is 10.1. The second-order valence-corrected chi connectivity index (χ2v) is 4.47. The summed E-state index contributed by atoms with van der Waals surface area (Å²) in [5.41, 5.74) is 0.869. The summed E-state index contributed by atoms with van der Waals surface area (Å²) in [7, 11) is 1.43. The van der Waals surface area contributed by atoms with Crippen molar-refractivity contribution >= 4 is 23.6 Å². The van der Waals surface area contributed by atoms with Crippen molar-refractivity contribution in [2.24, 2.45) is 0 Å². The van der Waals surface area contributed by atoms with Gasteiger partial charge in [-0.3, -0.25) is 10.7 Å². The predicted molar refractivity (Wildman–Crippen MR) is 76.5 cm³/mol. The number of carbonyl (C=O) groups excluding carboxylic acids is 2. The van der Waals surface area contributed by atoms with Gasteiger partial charge in [-0.15, -0.1) is 0 Å². The van der Waals surface area contributed by atoms with Crippen molar-refractivity contribution in [1.29, 1.82) is 5.41 Å². The van der Waals surface area contributed by atoms with Gasteiger partial charge in [0.05, 0.1) is 5.69 Å². The lowest BCUT2D eigenvalue weighted by Gasteiger charge is -2.16. The maximum atomic E-state index is 12.3. The lowest BCUT2D eigenvalue weighted by molar-refractivity contribution is -0.189. The van der Waals surface area contributed by atoms with Crippen LogP contribution in [0.1, 0.15) is 11.1 Å². The first kappa shape index (κ1) is 18.3. The van der Waals surface area contributed by atoms with Crippen LogP contribution in [0.2, 0.25) is 0 Å². The first-order valence-electron chi connectivity index (χ1n) is 6.29. The van der Waals surface area contributed by atoms with Crippen LogP contribution in [0.15, 0.2) is 12.1 Å². The zero-order chi connectivity index (χ0) is 17.8. The number of anilines is 1. The molecule has 0 unspecified atom stereocenters. The van der Waals surface area contributed by atoms with Gasteiger partial charge in [0.15, 0.2) is 5.96 Å². The molecule has 7 nitrogen and oxygen atoms in total. The standard InChI is InChI=1S/C13H15F3N4O3/c1-6-4-5-8(23-10(21)13(14,15)16)7(2)9(6)19-12(22)20-11(17)18-3/h4-5H,1-3H3,(H4,17,18,19,20,22). The largest absolute Gasteiger partial charge is 0.491 e. The van der Waals surface area contributed by atoms with Crippen LogP contribution < -0.4 is 20.7 Å². The highest BCUT2D eigenvalue weighted by Crippen LogP contribution is 2.30. The van der Waals surface area contributed by atoms with Crippen molar-refractivity contribution in [2.45, 2.75) is 20.0 Å². The first-order chi connectivity index (χ1) is 10.6. The molecule has 0 heterocycles. The Kier molecular flexibility index (Phi) is 5.55. The van der Waals surface area contributed by atoms with Crippen LogP contribution >= 0.6 is 0 Å². The number of carbonyl (C=O) groups is 2. The molecule has 0 aromatic heterocycles. The molecular weight excluding hydrogens is 317 g/mol. The average Bonchev–Trinajstić information content (AvgIpc) is 2.45. The molecule has 0 spiro atoms. The minimum atomic E-state index is -5.12. The first-order valence-corrected chi connectivity index (χ1v) is 6.29. The van der Waals surface area contributed by atoms with Crippen LogP contribution in [0.3, 0.4) is 0 Å². The normalized spacial score (nSPS) is 10.7. The molecule has 126 valence electrons. The van der Waals surface area contributed by atoms with E-state index in [1.54, 1.807) is 6.92 Å². The van der Waals surface area contributed by atoms with E-state index in [1.165, 1.54) is 26.1 Å². The van der Waals surface area contributed by atoms with Crippen LogP contribution in [0, 0.1) is 19.3 Å². The Hall–Kier alpha value is -2.78. The number of ether oxygens (including phenoxy) is 1. The van der Waals surface area contributed by atoms with Crippen LogP contribution in [0.4, 0.5) is 23.7 Å². The Morgan fingerprint density at radius 2 is 1.83 bits per heavy atom. The third-order valence-corrected chi connectivity index (χ3v) is 2.78. The Morgan fingerprint density at radius 3 is 2.35 bits per heavy atom. The number of guanidine groups is 1. The third-order valence-electron chi connectivity index (χ3n) is 2.78. The van der Waals surface area contributed by atoms with E-state index >= 15 is 0 Å². The molecule has 0 atom stereocenters. The highest BCUT2D eigenvalue weighted by Gasteiger charge is 2.41. The topological polar surface area (TPSA) is 103 Å². The molecule has 0 aliphatic heterocycles. The lowest BCUT2D eigenvalue weighted by Crippen LogP contribution is -2.40. The maximum absolute atomic E-state index is 12.3. The van der Waals surface area contributed by atoms with Crippen molar-refractivity contribution in [1.82, 2.24) is 10.6 Å². The molecule has 4 N–H and O–H groups in total. The van der Waals surface area contributed by atoms with Crippen LogP contribution in [-0.4, -0.2) is 31.2 Å². The fourth-order valence-corrected chi connectivity index (χ4v) is 1.61. The summed E-state index contributed by atoms with van der Waals surface area (Å²) in [6.07, 6.45) is -5.12. The van der Waals surface area contributed by atoms with Gasteiger partial charge in [0, 0.05) is 12.6 Å². The van der Waals surface area contributed by atoms with E-state index in [-0.39, 0.29) is 23.0 Å². The van der Waals surface area contributed by atoms with Gasteiger partial charge in [0.25, 0.3) is 0 Å². The highest BCUT2D eigenvalue weighted by molar-refractivity contribution is 6.02. The Labute approximate surface area is 129 Å². The van der Waals surface area contributed by atoms with Gasteiger partial charge in [-0.2, -0.15) is 13.2 Å². The zero-order valence-electron chi connectivity index (χ0n) is 12.5. The molecule has 1 aromatic carbocycles. The third kappa shape index (κ3) is 4.87. The number of halogens is 3. The molecule has 0 fully saturated rings. The van der Waals surface area contributed by atoms with E-state index in [1.807, 2.05) is 0 Å². The number of urea groups is 1. The van der Waals surface area contributed by atoms with Crippen LogP contribution in [0.25, 0.3) is 0 Å². The summed E-state index contributed by atoms with van der Waals surface area (Å²) in [5.74, 6) is -2.94. The number of aryl methyl sites for hydroxylation is 1. The number of amides is 2. The fraction of sp³-hybridized carbons (Fsp3) is 0.308. The van der Waals surface area contributed by atoms with Crippen molar-refractivity contribution in [3.8, 4) is 5.75 Å². The molecule has 0 saturated carbocycles. The van der Waals surface area contributed by atoms with E-state index in [9.17, 15) is 22.8 Å². The Morgan fingerprint density at radius 1 is 1.22 bits per heavy atom. The molecule has 1 rings (SSSR count). The molecule has 0 aliphatic rings. The summed E-state index contributed by atoms with van der Waals surface area (Å²) in [4.78, 5) is 22.6. The Bertz CT molecular complexity index is 644. The second-order valence-electron chi connectivity index (χ2n) is 4.47. The molecule has 0 saturated heterocycles. The summed E-state index contributed by atoms with van der Waals surface area (Å²) in [6, 6.07) is 1.83. The number of hydrogen-bond acceptors (Lipinski definition) is 4. The fourth-order valence-electron chi connectivity index (χ4n) is 1.61. The van der Waals surface area contributed by atoms with E-state index in [4.69, 9.17) is 5.41 Å². The zero-order valence-corrected chi connectivity index (χ0v) is 12.5. The molecular formula is C13H15F3N4O3. The van der Waals surface area contributed by atoms with E-state index in [2.05, 4.69) is 20.7 Å². The van der Waals surface area contributed by atoms with Gasteiger partial charge in [-0.25, -0.2) is 9.59 Å².